The summed E-state index contributed by atoms with van der Waals surface area (Å²) < 4.78 is 0. The molecule has 10 heavy (non-hydrogen) atoms. The van der Waals surface area contributed by atoms with Crippen LogP contribution < -0.4 is 0 Å². The van der Waals surface area contributed by atoms with Gasteiger partial charge in [-0.1, -0.05) is 0 Å². The van der Waals surface area contributed by atoms with Gasteiger partial charge in [0.05, 0.1) is 8.20 Å². The fourth-order valence-corrected chi connectivity index (χ4v) is 2.66. The van der Waals surface area contributed by atoms with E-state index < -0.39 is 0 Å². The molecule has 57 valence electrons. The van der Waals surface area contributed by atoms with Crippen LogP contribution in [0.1, 0.15) is 32.0 Å². The normalized spacial score (nSPS) is 26.0. The topological polar surface area (TPSA) is 0 Å². The largest absolute Gasteiger partial charge is 3.00 e. The van der Waals surface area contributed by atoms with E-state index in [0.29, 0.717) is 0 Å². The maximum Gasteiger partial charge on any atom is 3.00 e. The van der Waals surface area contributed by atoms with Gasteiger partial charge in [-0.05, 0) is 31.9 Å². The van der Waals surface area contributed by atoms with E-state index in [9.17, 15) is 0 Å². The minimum Gasteiger partial charge on any atom is -1.00 e. The molecule has 0 aromatic heterocycles. The van der Waals surface area contributed by atoms with Crippen molar-refractivity contribution in [3.8, 4) is 0 Å². The van der Waals surface area contributed by atoms with Gasteiger partial charge >= 0.3 is 26.2 Å². The Bertz CT molecular complexity index is 202. The van der Waals surface area contributed by atoms with Gasteiger partial charge in [0.2, 0.25) is 0 Å². The van der Waals surface area contributed by atoms with Gasteiger partial charge in [0, 0.05) is 6.92 Å². The Hall–Kier alpha value is 0.793. The van der Waals surface area contributed by atoms with Crippen molar-refractivity contribution in [2.45, 2.75) is 33.4 Å². The Balaban J connectivity index is -0.000000101. The van der Waals surface area contributed by atoms with Crippen LogP contribution in [0.15, 0.2) is 11.1 Å². The maximum atomic E-state index is 2.31. The molecule has 0 aliphatic carbocycles. The van der Waals surface area contributed by atoms with Crippen molar-refractivity contribution in [3.63, 3.8) is 0 Å². The Kier molecular flexibility index (Phi) is 4.30. The second kappa shape index (κ2) is 3.98. The van der Waals surface area contributed by atoms with Crippen LogP contribution in [-0.4, -0.2) is 11.0 Å². The van der Waals surface area contributed by atoms with E-state index in [1.807, 2.05) is 0 Å². The van der Waals surface area contributed by atoms with Crippen molar-refractivity contribution in [2.75, 3.05) is 0 Å². The van der Waals surface area contributed by atoms with Crippen LogP contribution in [0, 0.1) is 0 Å². The van der Waals surface area contributed by atoms with Gasteiger partial charge in [-0.25, -0.2) is 0 Å². The van der Waals surface area contributed by atoms with Crippen molar-refractivity contribution in [1.29, 1.82) is 0 Å². The number of hydrogen-bond donors (Lipinski definition) is 0. The third-order valence-corrected chi connectivity index (χ3v) is 3.91. The van der Waals surface area contributed by atoms with Crippen molar-refractivity contribution in [3.05, 3.63) is 11.1 Å². The zero-order valence-corrected chi connectivity index (χ0v) is 10.5. The van der Waals surface area contributed by atoms with Crippen LogP contribution >= 0.6 is 8.20 Å². The van der Waals surface area contributed by atoms with Gasteiger partial charge in [0.25, 0.3) is 0 Å². The zero-order valence-electron chi connectivity index (χ0n) is 10.1. The fourth-order valence-electron chi connectivity index (χ4n) is 1.16. The fraction of sp³-hybridized carbons (Fsp3) is 0.625. The van der Waals surface area contributed by atoms with Crippen LogP contribution in [0.25, 0.3) is 0 Å². The van der Waals surface area contributed by atoms with E-state index in [0.717, 1.165) is 13.9 Å². The molecule has 0 fully saturated rings. The smallest absolute Gasteiger partial charge is 1.00 e. The molecule has 0 aromatic rings. The standard InChI is InChI=1S/C8H13P.Zr.3H/c1-5-6(2)8(4)9-7(5)3;;;;/h7H,1-4H3;;;;/q;+3;3*-1/p+1. The molecule has 1 aliphatic heterocycles. The number of hydrogen-bond acceptors (Lipinski definition) is 0. The first-order valence-electron chi connectivity index (χ1n) is 3.40. The Morgan fingerprint density at radius 1 is 1.30 bits per heavy atom. The molecule has 0 saturated heterocycles. The van der Waals surface area contributed by atoms with Crippen LogP contribution in [0.2, 0.25) is 0 Å². The third-order valence-electron chi connectivity index (χ3n) is 2.24. The molecule has 1 rings (SSSR count). The number of rotatable bonds is 0. The molecule has 2 heteroatoms. The van der Waals surface area contributed by atoms with Crippen molar-refractivity contribution in [1.82, 2.24) is 0 Å². The molecule has 0 aromatic carbocycles. The summed E-state index contributed by atoms with van der Waals surface area (Å²) >= 11 is 0. The Morgan fingerprint density at radius 3 is 1.90 bits per heavy atom. The molecule has 0 spiro atoms. The molecule has 0 bridgehead atoms. The second-order valence-corrected chi connectivity index (χ2v) is 4.70. The summed E-state index contributed by atoms with van der Waals surface area (Å²) in [6.45, 7) is 9.05. The molecule has 1 radical (unpaired) electrons. The van der Waals surface area contributed by atoms with Gasteiger partial charge < -0.3 is 4.28 Å². The summed E-state index contributed by atoms with van der Waals surface area (Å²) in [5.41, 5.74) is 4.00. The second-order valence-electron chi connectivity index (χ2n) is 2.80. The van der Waals surface area contributed by atoms with Gasteiger partial charge in [-0.3, -0.25) is 0 Å². The first-order chi connectivity index (χ1) is 4.13. The van der Waals surface area contributed by atoms with Gasteiger partial charge in [0.15, 0.2) is 0 Å². The molecule has 1 heterocycles. The average Bonchev–Trinajstić information content (AvgIpc) is 1.98. The quantitative estimate of drug-likeness (QED) is 0.566. The Labute approximate surface area is 88.5 Å². The third kappa shape index (κ3) is 1.89. The minimum absolute atomic E-state index is 0. The van der Waals surface area contributed by atoms with Crippen molar-refractivity contribution >= 4 is 13.5 Å². The SMILES string of the molecule is CC1=[PH+]C(C)C(C)=C1C.[H-].[H-].[H-].[Zr+3]. The van der Waals surface area contributed by atoms with Gasteiger partial charge in [0.1, 0.15) is 11.0 Å². The first-order valence-corrected chi connectivity index (χ1v) is 4.48. The van der Waals surface area contributed by atoms with E-state index >= 15 is 0 Å². The molecule has 0 N–H and O–H groups in total. The van der Waals surface area contributed by atoms with Crippen molar-refractivity contribution < 1.29 is 30.5 Å². The van der Waals surface area contributed by atoms with Crippen LogP contribution in [0.5, 0.6) is 0 Å². The summed E-state index contributed by atoms with van der Waals surface area (Å²) in [6.07, 6.45) is 0. The zero-order chi connectivity index (χ0) is 7.02. The van der Waals surface area contributed by atoms with E-state index in [1.165, 1.54) is 0 Å². The summed E-state index contributed by atoms with van der Waals surface area (Å²) in [5, 5.41) is 1.61. The van der Waals surface area contributed by atoms with E-state index in [-0.39, 0.29) is 30.5 Å². The Morgan fingerprint density at radius 2 is 1.80 bits per heavy atom. The molecule has 0 nitrogen and oxygen atoms in total. The molecule has 1 aliphatic rings. The number of allylic oxidation sites excluding steroid dienone is 2. The van der Waals surface area contributed by atoms with E-state index in [4.69, 9.17) is 0 Å². The maximum absolute atomic E-state index is 2.31. The molecular formula is C8H17PZr+. The summed E-state index contributed by atoms with van der Waals surface area (Å²) in [5.74, 6) is 0. The summed E-state index contributed by atoms with van der Waals surface area (Å²) in [4.78, 5) is 0. The van der Waals surface area contributed by atoms with Crippen molar-refractivity contribution in [2.24, 2.45) is 0 Å². The van der Waals surface area contributed by atoms with Gasteiger partial charge in [-0.15, -0.1) is 0 Å². The molecule has 0 amide bonds. The molecule has 2 unspecified atom stereocenters. The molecule has 2 atom stereocenters. The van der Waals surface area contributed by atoms with E-state index in [1.54, 1.807) is 16.4 Å². The predicted octanol–water partition coefficient (Wildman–Crippen LogP) is 2.93. The van der Waals surface area contributed by atoms with Crippen LogP contribution in [0.3, 0.4) is 0 Å². The molecule has 0 saturated carbocycles. The minimum atomic E-state index is 0. The predicted molar refractivity (Wildman–Crippen MR) is 50.2 cm³/mol. The van der Waals surface area contributed by atoms with Crippen LogP contribution in [0.4, 0.5) is 0 Å². The summed E-state index contributed by atoms with van der Waals surface area (Å²) in [7, 11) is 1.06. The monoisotopic (exact) mass is 234 g/mol. The van der Waals surface area contributed by atoms with E-state index in [2.05, 4.69) is 27.7 Å². The molecular weight excluding hydrogens is 218 g/mol. The summed E-state index contributed by atoms with van der Waals surface area (Å²) in [6, 6.07) is 0. The van der Waals surface area contributed by atoms with Crippen LogP contribution in [-0.2, 0) is 26.2 Å². The first kappa shape index (κ1) is 10.8. The average molecular weight is 235 g/mol. The van der Waals surface area contributed by atoms with Gasteiger partial charge in [-0.2, -0.15) is 0 Å².